The number of nitrogens with zero attached hydrogens (tertiary/aromatic N) is 5. The summed E-state index contributed by atoms with van der Waals surface area (Å²) in [5.74, 6) is -0.277. The van der Waals surface area contributed by atoms with Crippen molar-refractivity contribution in [3.8, 4) is 5.69 Å². The van der Waals surface area contributed by atoms with Crippen LogP contribution in [0.5, 0.6) is 0 Å². The van der Waals surface area contributed by atoms with Crippen LogP contribution in [0.15, 0.2) is 64.1 Å². The molecule has 0 saturated carbocycles. The fourth-order valence-electron chi connectivity index (χ4n) is 5.37. The molecule has 172 valence electrons. The Hall–Kier alpha value is -2.75. The number of aromatic nitrogens is 3. The average molecular weight is 512 g/mol. The van der Waals surface area contributed by atoms with Crippen LogP contribution in [0, 0.1) is 5.41 Å². The van der Waals surface area contributed by atoms with E-state index in [4.69, 9.17) is 0 Å². The van der Waals surface area contributed by atoms with Crippen LogP contribution in [-0.4, -0.2) is 55.1 Å². The van der Waals surface area contributed by atoms with Crippen LogP contribution < -0.4 is 5.56 Å². The third-order valence-corrected chi connectivity index (χ3v) is 8.01. The van der Waals surface area contributed by atoms with Gasteiger partial charge in [-0.3, -0.25) is 29.4 Å². The van der Waals surface area contributed by atoms with Crippen molar-refractivity contribution in [3.63, 3.8) is 0 Å². The van der Waals surface area contributed by atoms with Crippen LogP contribution >= 0.6 is 15.9 Å². The predicted octanol–water partition coefficient (Wildman–Crippen LogP) is 2.93. The molecule has 1 aromatic carbocycles. The summed E-state index contributed by atoms with van der Waals surface area (Å²) < 4.78 is 4.11. The second kappa shape index (κ2) is 8.55. The summed E-state index contributed by atoms with van der Waals surface area (Å²) in [5, 5.41) is 11.1. The van der Waals surface area contributed by atoms with Gasteiger partial charge < -0.3 is 0 Å². The normalized spacial score (nSPS) is 20.6. The largest absolute Gasteiger partial charge is 0.297 e. The molecule has 1 spiro atoms. The SMILES string of the molecule is Cn1c(CN2CCC3(CC2)C(=O)N(O)CC3c2cccnc2)c(Br)c(=O)n1-c1ccccc1. The molecule has 8 nitrogen and oxygen atoms in total. The molecular weight excluding hydrogens is 486 g/mol. The molecule has 4 heterocycles. The van der Waals surface area contributed by atoms with Gasteiger partial charge in [0, 0.05) is 31.9 Å². The van der Waals surface area contributed by atoms with E-state index in [0.717, 1.165) is 22.0 Å². The predicted molar refractivity (Wildman–Crippen MR) is 126 cm³/mol. The Kier molecular flexibility index (Phi) is 5.72. The number of hydroxylamine groups is 2. The number of hydrogen-bond acceptors (Lipinski definition) is 5. The summed E-state index contributed by atoms with van der Waals surface area (Å²) in [6.45, 7) is 2.29. The van der Waals surface area contributed by atoms with Gasteiger partial charge in [0.2, 0.25) is 0 Å². The molecule has 2 aliphatic rings. The van der Waals surface area contributed by atoms with Gasteiger partial charge in [0.05, 0.1) is 23.3 Å². The van der Waals surface area contributed by atoms with Crippen LogP contribution in [-0.2, 0) is 18.4 Å². The zero-order chi connectivity index (χ0) is 23.2. The maximum atomic E-state index is 13.0. The Balaban J connectivity index is 1.37. The molecule has 0 bridgehead atoms. The van der Waals surface area contributed by atoms with Crippen molar-refractivity contribution in [1.29, 1.82) is 0 Å². The number of carbonyl (C=O) groups is 1. The molecule has 3 aromatic rings. The monoisotopic (exact) mass is 511 g/mol. The first-order chi connectivity index (χ1) is 15.9. The summed E-state index contributed by atoms with van der Waals surface area (Å²) in [6, 6.07) is 13.4. The number of rotatable bonds is 4. The highest BCUT2D eigenvalue weighted by Gasteiger charge is 2.55. The lowest BCUT2D eigenvalue weighted by molar-refractivity contribution is -0.166. The van der Waals surface area contributed by atoms with Gasteiger partial charge in [-0.25, -0.2) is 9.75 Å². The average Bonchev–Trinajstić information content (AvgIpc) is 3.21. The van der Waals surface area contributed by atoms with E-state index in [-0.39, 0.29) is 17.4 Å². The summed E-state index contributed by atoms with van der Waals surface area (Å²) in [6.07, 6.45) is 4.81. The zero-order valence-corrected chi connectivity index (χ0v) is 20.0. The highest BCUT2D eigenvalue weighted by Crippen LogP contribution is 2.50. The van der Waals surface area contributed by atoms with Crippen molar-refractivity contribution in [1.82, 2.24) is 24.3 Å². The minimum Gasteiger partial charge on any atom is -0.297 e. The minimum atomic E-state index is -0.618. The number of carbonyl (C=O) groups excluding carboxylic acids is 1. The molecule has 0 aliphatic carbocycles. The van der Waals surface area contributed by atoms with Crippen LogP contribution in [0.25, 0.3) is 5.69 Å². The lowest BCUT2D eigenvalue weighted by atomic mass is 9.68. The van der Waals surface area contributed by atoms with Crippen LogP contribution in [0.1, 0.15) is 30.0 Å². The van der Waals surface area contributed by atoms with Crippen LogP contribution in [0.4, 0.5) is 0 Å². The number of hydrogen-bond donors (Lipinski definition) is 1. The second-order valence-corrected chi connectivity index (χ2v) is 9.69. The number of pyridine rings is 1. The maximum Gasteiger partial charge on any atom is 0.286 e. The number of benzene rings is 1. The molecule has 1 unspecified atom stereocenters. The van der Waals surface area contributed by atoms with Crippen LogP contribution in [0.2, 0.25) is 0 Å². The molecular formula is C24H26BrN5O3. The minimum absolute atomic E-state index is 0.0823. The van der Waals surface area contributed by atoms with Crippen molar-refractivity contribution >= 4 is 21.8 Å². The highest BCUT2D eigenvalue weighted by molar-refractivity contribution is 9.10. The third kappa shape index (κ3) is 3.64. The smallest absolute Gasteiger partial charge is 0.286 e. The summed E-state index contributed by atoms with van der Waals surface area (Å²) >= 11 is 3.51. The number of amides is 1. The van der Waals surface area contributed by atoms with Gasteiger partial charge in [-0.2, -0.15) is 0 Å². The molecule has 2 fully saturated rings. The van der Waals surface area contributed by atoms with Gasteiger partial charge in [-0.1, -0.05) is 24.3 Å². The number of likely N-dealkylation sites (tertiary alicyclic amines) is 1. The van der Waals surface area contributed by atoms with Crippen molar-refractivity contribution in [2.24, 2.45) is 12.5 Å². The molecule has 33 heavy (non-hydrogen) atoms. The lowest BCUT2D eigenvalue weighted by Crippen LogP contribution is -2.46. The highest BCUT2D eigenvalue weighted by atomic mass is 79.9. The quantitative estimate of drug-likeness (QED) is 0.544. The van der Waals surface area contributed by atoms with Gasteiger partial charge in [0.1, 0.15) is 4.47 Å². The Morgan fingerprint density at radius 2 is 1.85 bits per heavy atom. The molecule has 1 N–H and O–H groups in total. The van der Waals surface area contributed by atoms with Crippen LogP contribution in [0.3, 0.4) is 0 Å². The molecule has 2 aliphatic heterocycles. The number of halogens is 1. The Labute approximate surface area is 200 Å². The first-order valence-corrected chi connectivity index (χ1v) is 11.9. The second-order valence-electron chi connectivity index (χ2n) is 8.90. The third-order valence-electron chi connectivity index (χ3n) is 7.22. The van der Waals surface area contributed by atoms with Crippen molar-refractivity contribution in [3.05, 3.63) is 80.9 Å². The van der Waals surface area contributed by atoms with E-state index in [1.807, 2.05) is 54.2 Å². The number of piperidine rings is 1. The first-order valence-electron chi connectivity index (χ1n) is 11.1. The topological polar surface area (TPSA) is 83.6 Å². The van der Waals surface area contributed by atoms with E-state index in [1.54, 1.807) is 17.1 Å². The Morgan fingerprint density at radius 3 is 2.52 bits per heavy atom. The molecule has 0 radical (unpaired) electrons. The molecule has 9 heteroatoms. The maximum absolute atomic E-state index is 13.0. The summed E-state index contributed by atoms with van der Waals surface area (Å²) in [7, 11) is 1.89. The van der Waals surface area contributed by atoms with E-state index >= 15 is 0 Å². The van der Waals surface area contributed by atoms with Crippen molar-refractivity contribution < 1.29 is 10.0 Å². The van der Waals surface area contributed by atoms with Gasteiger partial charge in [-0.05, 0) is 65.6 Å². The van der Waals surface area contributed by atoms with Gasteiger partial charge in [0.25, 0.3) is 11.5 Å². The number of para-hydroxylation sites is 1. The first kappa shape index (κ1) is 22.1. The molecule has 5 rings (SSSR count). The van der Waals surface area contributed by atoms with Crippen molar-refractivity contribution in [2.75, 3.05) is 19.6 Å². The van der Waals surface area contributed by atoms with Gasteiger partial charge in [-0.15, -0.1) is 0 Å². The Bertz CT molecular complexity index is 1220. The van der Waals surface area contributed by atoms with Crippen molar-refractivity contribution in [2.45, 2.75) is 25.3 Å². The van der Waals surface area contributed by atoms with E-state index in [0.29, 0.717) is 43.5 Å². The molecule has 2 saturated heterocycles. The van der Waals surface area contributed by atoms with E-state index in [2.05, 4.69) is 25.8 Å². The van der Waals surface area contributed by atoms with Gasteiger partial charge in [0.15, 0.2) is 0 Å². The summed E-state index contributed by atoms with van der Waals surface area (Å²) in [4.78, 5) is 32.4. The fourth-order valence-corrected chi connectivity index (χ4v) is 5.92. The fraction of sp³-hybridized carbons (Fsp3) is 0.375. The standard InChI is InChI=1S/C24H26BrN5O3/c1-27-20(21(25)22(31)30(27)18-7-3-2-4-8-18)16-28-12-9-24(10-13-28)19(15-29(33)23(24)32)17-6-5-11-26-14-17/h2-8,11,14,19,33H,9-10,12-13,15-16H2,1H3. The van der Waals surface area contributed by atoms with Gasteiger partial charge >= 0.3 is 0 Å². The Morgan fingerprint density at radius 1 is 1.12 bits per heavy atom. The zero-order valence-electron chi connectivity index (χ0n) is 18.4. The molecule has 1 amide bonds. The molecule has 1 atom stereocenters. The van der Waals surface area contributed by atoms with E-state index in [9.17, 15) is 14.8 Å². The van der Waals surface area contributed by atoms with E-state index in [1.165, 1.54) is 0 Å². The molecule has 2 aromatic heterocycles. The lowest BCUT2D eigenvalue weighted by Gasteiger charge is -2.40. The summed E-state index contributed by atoms with van der Waals surface area (Å²) in [5.41, 5.74) is 1.98. The van der Waals surface area contributed by atoms with E-state index < -0.39 is 5.41 Å².